The fourth-order valence-corrected chi connectivity index (χ4v) is 3.53. The fraction of sp³-hybridized carbons (Fsp3) is 0.292. The summed E-state index contributed by atoms with van der Waals surface area (Å²) in [5, 5.41) is 0. The number of halogens is 1. The van der Waals surface area contributed by atoms with Crippen LogP contribution in [0.5, 0.6) is 6.01 Å². The average Bonchev–Trinajstić information content (AvgIpc) is 3.18. The van der Waals surface area contributed by atoms with Gasteiger partial charge in [0, 0.05) is 18.7 Å². The number of benzene rings is 2. The molecule has 1 saturated heterocycles. The summed E-state index contributed by atoms with van der Waals surface area (Å²) in [6.07, 6.45) is -1.50. The molecule has 3 aromatic rings. The van der Waals surface area contributed by atoms with Gasteiger partial charge >= 0.3 is 12.0 Å². The molecule has 0 unspecified atom stereocenters. The Morgan fingerprint density at radius 3 is 2.56 bits per heavy atom. The predicted molar refractivity (Wildman–Crippen MR) is 115 cm³/mol. The first-order valence-electron chi connectivity index (χ1n) is 10.4. The summed E-state index contributed by atoms with van der Waals surface area (Å²) < 4.78 is 32.4. The van der Waals surface area contributed by atoms with Crippen molar-refractivity contribution < 1.29 is 23.4 Å². The molecule has 2 heterocycles. The second-order valence-corrected chi connectivity index (χ2v) is 7.31. The minimum absolute atomic E-state index is 0.0264. The molecule has 0 spiro atoms. The summed E-state index contributed by atoms with van der Waals surface area (Å²) in [6.45, 7) is 1.83. The first-order valence-corrected chi connectivity index (χ1v) is 10.4. The zero-order valence-corrected chi connectivity index (χ0v) is 17.5. The van der Waals surface area contributed by atoms with E-state index >= 15 is 0 Å². The van der Waals surface area contributed by atoms with Crippen molar-refractivity contribution >= 4 is 5.97 Å². The van der Waals surface area contributed by atoms with Gasteiger partial charge in [0.1, 0.15) is 25.1 Å². The highest BCUT2D eigenvalue weighted by Gasteiger charge is 2.38. The second-order valence-electron chi connectivity index (χ2n) is 7.31. The minimum Gasteiger partial charge on any atom is -0.465 e. The van der Waals surface area contributed by atoms with Crippen LogP contribution in [0.2, 0.25) is 0 Å². The molecule has 1 aromatic heterocycles. The van der Waals surface area contributed by atoms with Gasteiger partial charge in [0.05, 0.1) is 12.2 Å². The highest BCUT2D eigenvalue weighted by Crippen LogP contribution is 2.33. The molecular weight excluding hydrogens is 415 g/mol. The van der Waals surface area contributed by atoms with Crippen molar-refractivity contribution in [3.05, 3.63) is 82.8 Å². The van der Waals surface area contributed by atoms with Crippen molar-refractivity contribution in [2.75, 3.05) is 13.2 Å². The van der Waals surface area contributed by atoms with E-state index < -0.39 is 30.0 Å². The normalized spacial score (nSPS) is 20.1. The lowest BCUT2D eigenvalue weighted by molar-refractivity contribution is -0.0454. The Balaban J connectivity index is 1.37. The average molecular weight is 438 g/mol. The maximum absolute atomic E-state index is 14.6. The number of hydrogen-bond acceptors (Lipinski definition) is 6. The Kier molecular flexibility index (Phi) is 6.61. The SMILES string of the molecule is CCOc1nc(=O)ccn1[C@@H]1C[C@H](F)[C@@H](COC(=O)c2ccc(-c3ccccc3)cc2)O1. The smallest absolute Gasteiger partial charge is 0.338 e. The molecule has 166 valence electrons. The maximum atomic E-state index is 14.6. The van der Waals surface area contributed by atoms with E-state index in [1.54, 1.807) is 19.1 Å². The van der Waals surface area contributed by atoms with Crippen LogP contribution in [0.1, 0.15) is 29.9 Å². The number of hydrogen-bond donors (Lipinski definition) is 0. The van der Waals surface area contributed by atoms with Crippen LogP contribution in [0.3, 0.4) is 0 Å². The number of ether oxygens (including phenoxy) is 3. The lowest BCUT2D eigenvalue weighted by atomic mass is 10.0. The molecule has 0 aliphatic carbocycles. The van der Waals surface area contributed by atoms with E-state index in [-0.39, 0.29) is 19.0 Å². The van der Waals surface area contributed by atoms with E-state index in [9.17, 15) is 14.0 Å². The number of esters is 1. The highest BCUT2D eigenvalue weighted by molar-refractivity contribution is 5.90. The first kappa shape index (κ1) is 21.7. The molecule has 8 heteroatoms. The Hall–Kier alpha value is -3.52. The predicted octanol–water partition coefficient (Wildman–Crippen LogP) is 3.79. The van der Waals surface area contributed by atoms with Crippen LogP contribution in [0.15, 0.2) is 71.7 Å². The van der Waals surface area contributed by atoms with Gasteiger partial charge in [-0.15, -0.1) is 0 Å². The van der Waals surface area contributed by atoms with Crippen LogP contribution < -0.4 is 10.3 Å². The number of rotatable bonds is 7. The summed E-state index contributed by atoms with van der Waals surface area (Å²) in [6, 6.07) is 18.1. The van der Waals surface area contributed by atoms with E-state index in [2.05, 4.69) is 4.98 Å². The second kappa shape index (κ2) is 9.74. The lowest BCUT2D eigenvalue weighted by Gasteiger charge is -2.18. The molecule has 1 fully saturated rings. The Morgan fingerprint density at radius 1 is 1.12 bits per heavy atom. The molecule has 1 aliphatic rings. The number of carbonyl (C=O) groups is 1. The molecule has 7 nitrogen and oxygen atoms in total. The molecule has 0 bridgehead atoms. The number of aromatic nitrogens is 2. The molecular formula is C24H23FN2O5. The van der Waals surface area contributed by atoms with Gasteiger partial charge in [-0.05, 0) is 30.2 Å². The van der Waals surface area contributed by atoms with E-state index in [1.807, 2.05) is 42.5 Å². The fourth-order valence-electron chi connectivity index (χ4n) is 3.53. The largest absolute Gasteiger partial charge is 0.465 e. The van der Waals surface area contributed by atoms with Gasteiger partial charge in [0.25, 0.3) is 5.56 Å². The molecule has 4 rings (SSSR count). The van der Waals surface area contributed by atoms with Crippen molar-refractivity contribution in [2.24, 2.45) is 0 Å². The van der Waals surface area contributed by atoms with E-state index in [4.69, 9.17) is 14.2 Å². The van der Waals surface area contributed by atoms with Crippen molar-refractivity contribution in [1.29, 1.82) is 0 Å². The topological polar surface area (TPSA) is 79.6 Å². The maximum Gasteiger partial charge on any atom is 0.338 e. The van der Waals surface area contributed by atoms with Gasteiger partial charge in [-0.1, -0.05) is 42.5 Å². The molecule has 32 heavy (non-hydrogen) atoms. The molecule has 0 N–H and O–H groups in total. The summed E-state index contributed by atoms with van der Waals surface area (Å²) in [5.41, 5.74) is 1.94. The van der Waals surface area contributed by atoms with Crippen LogP contribution in [0.25, 0.3) is 11.1 Å². The third-order valence-corrected chi connectivity index (χ3v) is 5.16. The van der Waals surface area contributed by atoms with Gasteiger partial charge in [0.2, 0.25) is 0 Å². The number of nitrogens with zero attached hydrogens (tertiary/aromatic N) is 2. The number of carbonyl (C=O) groups excluding carboxylic acids is 1. The lowest BCUT2D eigenvalue weighted by Crippen LogP contribution is -2.26. The van der Waals surface area contributed by atoms with Crippen molar-refractivity contribution in [3.63, 3.8) is 0 Å². The summed E-state index contributed by atoms with van der Waals surface area (Å²) >= 11 is 0. The van der Waals surface area contributed by atoms with E-state index in [1.165, 1.54) is 16.8 Å². The molecule has 3 atom stereocenters. The molecule has 1 aliphatic heterocycles. The summed E-state index contributed by atoms with van der Waals surface area (Å²) in [5.74, 6) is -0.552. The first-order chi connectivity index (χ1) is 15.5. The third-order valence-electron chi connectivity index (χ3n) is 5.16. The van der Waals surface area contributed by atoms with Crippen LogP contribution in [0, 0.1) is 0 Å². The van der Waals surface area contributed by atoms with Crippen LogP contribution in [0.4, 0.5) is 4.39 Å². The van der Waals surface area contributed by atoms with Crippen molar-refractivity contribution in [3.8, 4) is 17.1 Å². The van der Waals surface area contributed by atoms with Crippen LogP contribution in [-0.4, -0.2) is 41.0 Å². The zero-order valence-electron chi connectivity index (χ0n) is 17.5. The summed E-state index contributed by atoms with van der Waals surface area (Å²) in [7, 11) is 0. The monoisotopic (exact) mass is 438 g/mol. The number of alkyl halides is 1. The third kappa shape index (κ3) is 4.86. The quantitative estimate of drug-likeness (QED) is 0.522. The van der Waals surface area contributed by atoms with Gasteiger partial charge in [-0.25, -0.2) is 9.18 Å². The molecule has 0 amide bonds. The van der Waals surface area contributed by atoms with Gasteiger partial charge in [-0.2, -0.15) is 4.98 Å². The van der Waals surface area contributed by atoms with Gasteiger partial charge in [0.15, 0.2) is 0 Å². The van der Waals surface area contributed by atoms with Crippen molar-refractivity contribution in [2.45, 2.75) is 31.8 Å². The van der Waals surface area contributed by atoms with Crippen LogP contribution in [-0.2, 0) is 9.47 Å². The van der Waals surface area contributed by atoms with Gasteiger partial charge < -0.3 is 14.2 Å². The Labute approximate surface area is 184 Å². The van der Waals surface area contributed by atoms with Crippen molar-refractivity contribution in [1.82, 2.24) is 9.55 Å². The van der Waals surface area contributed by atoms with Gasteiger partial charge in [-0.3, -0.25) is 9.36 Å². The molecule has 2 aromatic carbocycles. The Morgan fingerprint density at radius 2 is 1.84 bits per heavy atom. The zero-order chi connectivity index (χ0) is 22.5. The standard InChI is InChI=1S/C24H23FN2O5/c1-2-30-24-26-21(28)12-13-27(24)22-14-19(25)20(32-22)15-31-23(29)18-10-8-17(9-11-18)16-6-4-3-5-7-16/h3-13,19-20,22H,2,14-15H2,1H3/t19-,20+,22-/m0/s1. The molecule has 0 radical (unpaired) electrons. The highest BCUT2D eigenvalue weighted by atomic mass is 19.1. The molecule has 0 saturated carbocycles. The Bertz CT molecular complexity index is 1120. The minimum atomic E-state index is -1.35. The van der Waals surface area contributed by atoms with Crippen LogP contribution >= 0.6 is 0 Å². The summed E-state index contributed by atoms with van der Waals surface area (Å²) in [4.78, 5) is 27.7. The van der Waals surface area contributed by atoms with E-state index in [0.717, 1.165) is 11.1 Å². The van der Waals surface area contributed by atoms with E-state index in [0.29, 0.717) is 12.2 Å².